The van der Waals surface area contributed by atoms with Crippen LogP contribution in [0.2, 0.25) is 0 Å². The van der Waals surface area contributed by atoms with Crippen LogP contribution in [0.3, 0.4) is 0 Å². The summed E-state index contributed by atoms with van der Waals surface area (Å²) in [6, 6.07) is 13.8. The standard InChI is InChI=1S/C16H20N4O/c1-12-7-8-13(10-19-12)9-18-11-15(16(17)20-21)14-5-3-2-4-6-14/h2-8,10,15,18,21H,9,11H2,1H3,(H2,17,20). The molecule has 2 rings (SSSR count). The summed E-state index contributed by atoms with van der Waals surface area (Å²) in [5.74, 6) is 0.0466. The molecule has 0 saturated heterocycles. The monoisotopic (exact) mass is 284 g/mol. The van der Waals surface area contributed by atoms with Gasteiger partial charge in [-0.25, -0.2) is 0 Å². The molecule has 4 N–H and O–H groups in total. The van der Waals surface area contributed by atoms with Crippen LogP contribution in [0.15, 0.2) is 53.8 Å². The minimum absolute atomic E-state index is 0.158. The molecule has 0 aliphatic heterocycles. The zero-order valence-corrected chi connectivity index (χ0v) is 12.0. The average Bonchev–Trinajstić information content (AvgIpc) is 2.53. The Hall–Kier alpha value is -2.40. The lowest BCUT2D eigenvalue weighted by Gasteiger charge is -2.16. The van der Waals surface area contributed by atoms with Gasteiger partial charge in [0.2, 0.25) is 0 Å². The highest BCUT2D eigenvalue weighted by Gasteiger charge is 2.15. The first-order valence-electron chi connectivity index (χ1n) is 6.85. The maximum Gasteiger partial charge on any atom is 0.147 e. The van der Waals surface area contributed by atoms with Crippen molar-refractivity contribution in [1.29, 1.82) is 0 Å². The summed E-state index contributed by atoms with van der Waals surface area (Å²) < 4.78 is 0. The van der Waals surface area contributed by atoms with Gasteiger partial charge in [0.15, 0.2) is 0 Å². The average molecular weight is 284 g/mol. The zero-order valence-electron chi connectivity index (χ0n) is 12.0. The number of benzene rings is 1. The van der Waals surface area contributed by atoms with Gasteiger partial charge in [-0.1, -0.05) is 41.6 Å². The number of oxime groups is 1. The maximum atomic E-state index is 8.94. The van der Waals surface area contributed by atoms with E-state index in [1.807, 2.05) is 55.6 Å². The van der Waals surface area contributed by atoms with E-state index in [4.69, 9.17) is 10.9 Å². The van der Waals surface area contributed by atoms with Gasteiger partial charge in [-0.05, 0) is 24.1 Å². The fraction of sp³-hybridized carbons (Fsp3) is 0.250. The molecule has 0 saturated carbocycles. The molecule has 0 radical (unpaired) electrons. The van der Waals surface area contributed by atoms with Crippen molar-refractivity contribution in [3.63, 3.8) is 0 Å². The van der Waals surface area contributed by atoms with Gasteiger partial charge >= 0.3 is 0 Å². The number of rotatable bonds is 6. The van der Waals surface area contributed by atoms with Crippen LogP contribution in [0.4, 0.5) is 0 Å². The van der Waals surface area contributed by atoms with E-state index in [0.29, 0.717) is 13.1 Å². The van der Waals surface area contributed by atoms with E-state index in [0.717, 1.165) is 16.8 Å². The molecule has 0 spiro atoms. The van der Waals surface area contributed by atoms with Gasteiger partial charge in [-0.15, -0.1) is 0 Å². The fourth-order valence-electron chi connectivity index (χ4n) is 2.11. The molecule has 0 bridgehead atoms. The van der Waals surface area contributed by atoms with E-state index in [-0.39, 0.29) is 11.8 Å². The quantitative estimate of drug-likeness (QED) is 0.328. The molecular weight excluding hydrogens is 264 g/mol. The van der Waals surface area contributed by atoms with Crippen LogP contribution in [0.5, 0.6) is 0 Å². The predicted octanol–water partition coefficient (Wildman–Crippen LogP) is 2.01. The Morgan fingerprint density at radius 3 is 2.67 bits per heavy atom. The van der Waals surface area contributed by atoms with E-state index >= 15 is 0 Å². The van der Waals surface area contributed by atoms with Gasteiger partial charge in [-0.2, -0.15) is 0 Å². The number of aryl methyl sites for hydroxylation is 1. The largest absolute Gasteiger partial charge is 0.409 e. The number of hydrogen-bond donors (Lipinski definition) is 3. The second-order valence-corrected chi connectivity index (χ2v) is 4.93. The van der Waals surface area contributed by atoms with Crippen LogP contribution >= 0.6 is 0 Å². The van der Waals surface area contributed by atoms with E-state index < -0.39 is 0 Å². The molecule has 21 heavy (non-hydrogen) atoms. The molecule has 5 nitrogen and oxygen atoms in total. The van der Waals surface area contributed by atoms with Crippen LogP contribution < -0.4 is 11.1 Å². The molecule has 2 aromatic rings. The first-order valence-corrected chi connectivity index (χ1v) is 6.85. The van der Waals surface area contributed by atoms with Gasteiger partial charge < -0.3 is 16.3 Å². The van der Waals surface area contributed by atoms with E-state index in [9.17, 15) is 0 Å². The molecule has 1 unspecified atom stereocenters. The lowest BCUT2D eigenvalue weighted by molar-refractivity contribution is 0.315. The Morgan fingerprint density at radius 1 is 1.29 bits per heavy atom. The second-order valence-electron chi connectivity index (χ2n) is 4.93. The van der Waals surface area contributed by atoms with Crippen molar-refractivity contribution in [2.75, 3.05) is 6.54 Å². The third kappa shape index (κ3) is 4.29. The molecule has 1 heterocycles. The third-order valence-electron chi connectivity index (χ3n) is 3.32. The molecule has 1 aromatic carbocycles. The van der Waals surface area contributed by atoms with Crippen molar-refractivity contribution >= 4 is 5.84 Å². The lowest BCUT2D eigenvalue weighted by atomic mass is 9.98. The van der Waals surface area contributed by atoms with Crippen LogP contribution in [0.25, 0.3) is 0 Å². The molecule has 110 valence electrons. The van der Waals surface area contributed by atoms with E-state index in [1.165, 1.54) is 0 Å². The van der Waals surface area contributed by atoms with Crippen molar-refractivity contribution in [3.05, 3.63) is 65.5 Å². The molecule has 1 atom stereocenters. The summed E-state index contributed by atoms with van der Waals surface area (Å²) in [7, 11) is 0. The number of pyridine rings is 1. The Morgan fingerprint density at radius 2 is 2.05 bits per heavy atom. The number of amidine groups is 1. The Labute approximate surface area is 124 Å². The predicted molar refractivity (Wildman–Crippen MR) is 83.3 cm³/mol. The minimum atomic E-state index is -0.158. The normalized spacial score (nSPS) is 13.1. The molecule has 0 fully saturated rings. The number of nitrogens with one attached hydrogen (secondary N) is 1. The minimum Gasteiger partial charge on any atom is -0.409 e. The number of nitrogens with two attached hydrogens (primary N) is 1. The Balaban J connectivity index is 1.98. The van der Waals surface area contributed by atoms with Crippen LogP contribution in [-0.4, -0.2) is 22.6 Å². The van der Waals surface area contributed by atoms with Gasteiger partial charge in [-0.3, -0.25) is 4.98 Å². The van der Waals surface area contributed by atoms with Crippen molar-refractivity contribution < 1.29 is 5.21 Å². The molecule has 1 aromatic heterocycles. The van der Waals surface area contributed by atoms with Crippen LogP contribution in [0, 0.1) is 6.92 Å². The summed E-state index contributed by atoms with van der Waals surface area (Å²) in [6.07, 6.45) is 1.85. The Kier molecular flexibility index (Phi) is 5.29. The third-order valence-corrected chi connectivity index (χ3v) is 3.32. The fourth-order valence-corrected chi connectivity index (χ4v) is 2.11. The number of aromatic nitrogens is 1. The van der Waals surface area contributed by atoms with E-state index in [1.54, 1.807) is 0 Å². The van der Waals surface area contributed by atoms with Crippen molar-refractivity contribution in [2.24, 2.45) is 10.9 Å². The smallest absolute Gasteiger partial charge is 0.147 e. The highest BCUT2D eigenvalue weighted by Crippen LogP contribution is 2.15. The van der Waals surface area contributed by atoms with Crippen LogP contribution in [0.1, 0.15) is 22.7 Å². The first-order chi connectivity index (χ1) is 10.2. The van der Waals surface area contributed by atoms with Gasteiger partial charge in [0.05, 0.1) is 5.92 Å². The molecule has 0 aliphatic rings. The molecule has 5 heteroatoms. The summed E-state index contributed by atoms with van der Waals surface area (Å²) in [4.78, 5) is 4.26. The van der Waals surface area contributed by atoms with Crippen molar-refractivity contribution in [2.45, 2.75) is 19.4 Å². The Bertz CT molecular complexity index is 581. The maximum absolute atomic E-state index is 8.94. The van der Waals surface area contributed by atoms with Gasteiger partial charge in [0, 0.05) is 25.0 Å². The summed E-state index contributed by atoms with van der Waals surface area (Å²) in [5.41, 5.74) is 8.91. The zero-order chi connectivity index (χ0) is 15.1. The highest BCUT2D eigenvalue weighted by molar-refractivity contribution is 5.87. The summed E-state index contributed by atoms with van der Waals surface area (Å²) in [6.45, 7) is 3.24. The summed E-state index contributed by atoms with van der Waals surface area (Å²) >= 11 is 0. The molecular formula is C16H20N4O. The number of nitrogens with zero attached hydrogens (tertiary/aromatic N) is 2. The molecule has 0 aliphatic carbocycles. The van der Waals surface area contributed by atoms with Crippen molar-refractivity contribution in [1.82, 2.24) is 10.3 Å². The SMILES string of the molecule is Cc1ccc(CNCC(C(N)=NO)c2ccccc2)cn1. The number of hydrogen-bond acceptors (Lipinski definition) is 4. The van der Waals surface area contributed by atoms with Crippen LogP contribution in [-0.2, 0) is 6.54 Å². The molecule has 0 amide bonds. The van der Waals surface area contributed by atoms with Gasteiger partial charge in [0.25, 0.3) is 0 Å². The first kappa shape index (κ1) is 15.0. The van der Waals surface area contributed by atoms with E-state index in [2.05, 4.69) is 15.5 Å². The lowest BCUT2D eigenvalue weighted by Crippen LogP contribution is -2.31. The summed E-state index contributed by atoms with van der Waals surface area (Å²) in [5, 5.41) is 15.4. The second kappa shape index (κ2) is 7.40. The topological polar surface area (TPSA) is 83.5 Å². The highest BCUT2D eigenvalue weighted by atomic mass is 16.4. The van der Waals surface area contributed by atoms with Gasteiger partial charge in [0.1, 0.15) is 5.84 Å². The van der Waals surface area contributed by atoms with Crippen molar-refractivity contribution in [3.8, 4) is 0 Å².